The molecule has 2 N–H and O–H groups in total. The van der Waals surface area contributed by atoms with Crippen molar-refractivity contribution in [3.8, 4) is 0 Å². The van der Waals surface area contributed by atoms with Crippen LogP contribution in [0.2, 0.25) is 0 Å². The van der Waals surface area contributed by atoms with Gasteiger partial charge >= 0.3 is 0 Å². The van der Waals surface area contributed by atoms with Gasteiger partial charge in [0.25, 0.3) is 0 Å². The maximum Gasteiger partial charge on any atom is 0.235 e. The fourth-order valence-electron chi connectivity index (χ4n) is 0.973. The van der Waals surface area contributed by atoms with Gasteiger partial charge in [-0.15, -0.1) is 0 Å². The van der Waals surface area contributed by atoms with Gasteiger partial charge in [-0.3, -0.25) is 0 Å². The first-order valence-corrected chi connectivity index (χ1v) is 4.54. The number of rotatable bonds is 3. The van der Waals surface area contributed by atoms with E-state index in [0.29, 0.717) is 25.1 Å². The van der Waals surface area contributed by atoms with Crippen molar-refractivity contribution in [1.82, 2.24) is 4.31 Å². The van der Waals surface area contributed by atoms with E-state index in [1.54, 1.807) is 0 Å². The average molecular weight is 178 g/mol. The summed E-state index contributed by atoms with van der Waals surface area (Å²) in [4.78, 5) is 0. The van der Waals surface area contributed by atoms with Gasteiger partial charge in [0.1, 0.15) is 0 Å². The molecule has 0 unspecified atom stereocenters. The lowest BCUT2D eigenvalue weighted by atomic mass is 10.3. The second kappa shape index (κ2) is 3.73. The Kier molecular flexibility index (Phi) is 3.15. The molecule has 0 bridgehead atoms. The van der Waals surface area contributed by atoms with Gasteiger partial charge < -0.3 is 10.2 Å². The average Bonchev–Trinajstić information content (AvgIpc) is 2.25. The van der Waals surface area contributed by atoms with Gasteiger partial charge in [0.2, 0.25) is 5.91 Å². The van der Waals surface area contributed by atoms with Crippen molar-refractivity contribution in [1.29, 1.82) is 0 Å². The Morgan fingerprint density at radius 1 is 1.55 bits per heavy atom. The highest BCUT2D eigenvalue weighted by molar-refractivity contribution is 7.97. The molecule has 1 fully saturated rings. The lowest BCUT2D eigenvalue weighted by Gasteiger charge is -2.25. The third kappa shape index (κ3) is 2.31. The first kappa shape index (κ1) is 9.28. The van der Waals surface area contributed by atoms with Crippen LogP contribution in [0.5, 0.6) is 0 Å². The minimum Gasteiger partial charge on any atom is -0.353 e. The molecule has 1 radical (unpaired) electrons. The molecule has 0 saturated carbocycles. The molecular formula is C6H12NO3S. The molecule has 65 valence electrons. The van der Waals surface area contributed by atoms with E-state index in [-0.39, 0.29) is 6.61 Å². The second-order valence-corrected chi connectivity index (χ2v) is 3.62. The summed E-state index contributed by atoms with van der Waals surface area (Å²) in [6.07, 6.45) is 0.826. The summed E-state index contributed by atoms with van der Waals surface area (Å²) in [5.74, 6) is -0.967. The van der Waals surface area contributed by atoms with Crippen LogP contribution in [0, 0.1) is 0 Å². The summed E-state index contributed by atoms with van der Waals surface area (Å²) >= 11 is 1.38. The molecule has 0 atom stereocenters. The standard InChI is InChI=1S/C6H12NO3S/c8-4-1-3-7-6(9,10)2-5-11-7/h9-10H,1-5H2. The molecule has 4 nitrogen and oxygen atoms in total. The molecule has 0 amide bonds. The fourth-order valence-corrected chi connectivity index (χ4v) is 2.11. The van der Waals surface area contributed by atoms with Crippen LogP contribution in [0.4, 0.5) is 0 Å². The van der Waals surface area contributed by atoms with Gasteiger partial charge in [-0.25, -0.2) is 5.11 Å². The Morgan fingerprint density at radius 3 is 2.73 bits per heavy atom. The third-order valence-corrected chi connectivity index (χ3v) is 2.76. The van der Waals surface area contributed by atoms with E-state index in [1.807, 2.05) is 0 Å². The van der Waals surface area contributed by atoms with Crippen molar-refractivity contribution in [3.05, 3.63) is 0 Å². The molecule has 0 aromatic heterocycles. The van der Waals surface area contributed by atoms with E-state index in [2.05, 4.69) is 0 Å². The first-order valence-electron chi connectivity index (χ1n) is 3.60. The molecule has 1 aliphatic heterocycles. The summed E-state index contributed by atoms with van der Waals surface area (Å²) in [6, 6.07) is 0. The Balaban J connectivity index is 2.32. The molecule has 0 spiro atoms. The predicted molar refractivity (Wildman–Crippen MR) is 41.1 cm³/mol. The molecule has 0 aromatic rings. The zero-order valence-electron chi connectivity index (χ0n) is 6.19. The molecule has 1 rings (SSSR count). The number of hydrogen-bond donors (Lipinski definition) is 2. The molecule has 5 heteroatoms. The zero-order valence-corrected chi connectivity index (χ0v) is 7.01. The first-order chi connectivity index (χ1) is 5.17. The number of hydrogen-bond acceptors (Lipinski definition) is 4. The SMILES string of the molecule is [O]CCCN1SCCC1(O)O. The minimum absolute atomic E-state index is 0.160. The minimum atomic E-state index is -1.68. The van der Waals surface area contributed by atoms with Gasteiger partial charge in [0, 0.05) is 18.7 Å². The van der Waals surface area contributed by atoms with Crippen molar-refractivity contribution in [2.45, 2.75) is 18.8 Å². The van der Waals surface area contributed by atoms with E-state index < -0.39 is 5.91 Å². The Bertz CT molecular complexity index is 131. The molecule has 1 saturated heterocycles. The Labute approximate surface area is 70.0 Å². The van der Waals surface area contributed by atoms with E-state index in [4.69, 9.17) is 0 Å². The lowest BCUT2D eigenvalue weighted by molar-refractivity contribution is -0.223. The molecule has 0 aliphatic carbocycles. The van der Waals surface area contributed by atoms with Crippen molar-refractivity contribution in [2.75, 3.05) is 18.9 Å². The van der Waals surface area contributed by atoms with Gasteiger partial charge in [-0.2, -0.15) is 4.31 Å². The Hall–Kier alpha value is 0.190. The fraction of sp³-hybridized carbons (Fsp3) is 1.00. The molecule has 0 aromatic carbocycles. The quantitative estimate of drug-likeness (QED) is 0.464. The highest BCUT2D eigenvalue weighted by Crippen LogP contribution is 2.31. The van der Waals surface area contributed by atoms with Crippen LogP contribution < -0.4 is 0 Å². The van der Waals surface area contributed by atoms with Crippen LogP contribution in [0.3, 0.4) is 0 Å². The number of nitrogens with zero attached hydrogens (tertiary/aromatic N) is 1. The van der Waals surface area contributed by atoms with Gasteiger partial charge in [0.15, 0.2) is 0 Å². The van der Waals surface area contributed by atoms with Crippen molar-refractivity contribution in [3.63, 3.8) is 0 Å². The summed E-state index contributed by atoms with van der Waals surface area (Å²) in [5.41, 5.74) is 0. The highest BCUT2D eigenvalue weighted by atomic mass is 32.2. The topological polar surface area (TPSA) is 63.6 Å². The van der Waals surface area contributed by atoms with E-state index >= 15 is 0 Å². The van der Waals surface area contributed by atoms with Crippen LogP contribution in [0.1, 0.15) is 12.8 Å². The molecule has 1 aliphatic rings. The summed E-state index contributed by atoms with van der Waals surface area (Å²) in [5, 5.41) is 28.6. The van der Waals surface area contributed by atoms with Crippen molar-refractivity contribution in [2.24, 2.45) is 0 Å². The summed E-state index contributed by atoms with van der Waals surface area (Å²) in [6.45, 7) is 0.300. The van der Waals surface area contributed by atoms with Crippen LogP contribution in [-0.4, -0.2) is 39.3 Å². The monoisotopic (exact) mass is 178 g/mol. The molecule has 1 heterocycles. The largest absolute Gasteiger partial charge is 0.353 e. The van der Waals surface area contributed by atoms with Gasteiger partial charge in [0.05, 0.1) is 6.61 Å². The van der Waals surface area contributed by atoms with Crippen molar-refractivity contribution < 1.29 is 15.3 Å². The Morgan fingerprint density at radius 2 is 2.27 bits per heavy atom. The highest BCUT2D eigenvalue weighted by Gasteiger charge is 2.37. The zero-order chi connectivity index (χ0) is 8.32. The summed E-state index contributed by atoms with van der Waals surface area (Å²) in [7, 11) is 0. The van der Waals surface area contributed by atoms with Crippen LogP contribution in [-0.2, 0) is 5.11 Å². The van der Waals surface area contributed by atoms with Gasteiger partial charge in [-0.1, -0.05) is 11.9 Å². The predicted octanol–water partition coefficient (Wildman–Crippen LogP) is -0.201. The smallest absolute Gasteiger partial charge is 0.235 e. The van der Waals surface area contributed by atoms with Crippen LogP contribution in [0.25, 0.3) is 0 Å². The van der Waals surface area contributed by atoms with Crippen molar-refractivity contribution >= 4 is 11.9 Å². The van der Waals surface area contributed by atoms with Crippen LogP contribution >= 0.6 is 11.9 Å². The van der Waals surface area contributed by atoms with Crippen LogP contribution in [0.15, 0.2) is 0 Å². The number of aliphatic hydroxyl groups is 2. The molecular weight excluding hydrogens is 166 g/mol. The third-order valence-electron chi connectivity index (χ3n) is 1.59. The van der Waals surface area contributed by atoms with Gasteiger partial charge in [-0.05, 0) is 6.42 Å². The lowest BCUT2D eigenvalue weighted by Crippen LogP contribution is -2.40. The molecule has 11 heavy (non-hydrogen) atoms. The van der Waals surface area contributed by atoms with E-state index in [9.17, 15) is 15.3 Å². The van der Waals surface area contributed by atoms with E-state index in [0.717, 1.165) is 0 Å². The summed E-state index contributed by atoms with van der Waals surface area (Å²) < 4.78 is 1.46. The maximum absolute atomic E-state index is 10.1. The normalized spacial score (nSPS) is 24.3. The maximum atomic E-state index is 10.1. The van der Waals surface area contributed by atoms with E-state index in [1.165, 1.54) is 16.3 Å². The second-order valence-electron chi connectivity index (χ2n) is 2.52.